The van der Waals surface area contributed by atoms with E-state index in [1.807, 2.05) is 0 Å². The van der Waals surface area contributed by atoms with Crippen molar-refractivity contribution in [2.45, 2.75) is 95.7 Å². The summed E-state index contributed by atoms with van der Waals surface area (Å²) in [7, 11) is -1.23. The topological polar surface area (TPSA) is 37.3 Å². The second-order valence-corrected chi connectivity index (χ2v) is 10.3. The molecule has 1 saturated carbocycles. The Bertz CT molecular complexity index is 281. The van der Waals surface area contributed by atoms with Crippen molar-refractivity contribution in [1.82, 2.24) is 0 Å². The maximum Gasteiger partial charge on any atom is 0.306 e. The quantitative estimate of drug-likeness (QED) is 0.560. The molecule has 2 nitrogen and oxygen atoms in total. The highest BCUT2D eigenvalue weighted by Gasteiger charge is 2.51. The first-order chi connectivity index (χ1) is 9.63. The van der Waals surface area contributed by atoms with Gasteiger partial charge in [0.15, 0.2) is 0 Å². The number of unbranched alkanes of at least 4 members (excludes halogenated alkanes) is 1. The Morgan fingerprint density at radius 2 is 1.65 bits per heavy atom. The zero-order valence-electron chi connectivity index (χ0n) is 13.8. The van der Waals surface area contributed by atoms with Crippen molar-refractivity contribution in [3.8, 4) is 0 Å². The predicted octanol–water partition coefficient (Wildman–Crippen LogP) is 5.24. The summed E-state index contributed by atoms with van der Waals surface area (Å²) in [4.78, 5) is 12.3. The molecule has 1 N–H and O–H groups in total. The maximum atomic E-state index is 12.3. The summed E-state index contributed by atoms with van der Waals surface area (Å²) in [6, 6.07) is 2.45. The zero-order valence-corrected chi connectivity index (χ0v) is 14.9. The van der Waals surface area contributed by atoms with Crippen molar-refractivity contribution < 1.29 is 9.90 Å². The lowest BCUT2D eigenvalue weighted by molar-refractivity contribution is -0.143. The van der Waals surface area contributed by atoms with Gasteiger partial charge in [-0.2, -0.15) is 0 Å². The lowest BCUT2D eigenvalue weighted by Crippen LogP contribution is -2.44. The molecular weight excluding hydrogens is 264 g/mol. The second kappa shape index (κ2) is 8.86. The molecule has 0 heterocycles. The van der Waals surface area contributed by atoms with Crippen molar-refractivity contribution in [2.24, 2.45) is 5.92 Å². The van der Waals surface area contributed by atoms with Crippen LogP contribution >= 0.6 is 0 Å². The molecule has 0 aromatic carbocycles. The first-order valence-electron chi connectivity index (χ1n) is 8.86. The largest absolute Gasteiger partial charge is 0.481 e. The smallest absolute Gasteiger partial charge is 0.306 e. The van der Waals surface area contributed by atoms with Gasteiger partial charge in [-0.05, 0) is 25.2 Å². The molecule has 20 heavy (non-hydrogen) atoms. The fourth-order valence-electron chi connectivity index (χ4n) is 4.46. The minimum Gasteiger partial charge on any atom is -0.481 e. The molecule has 0 aromatic heterocycles. The van der Waals surface area contributed by atoms with Gasteiger partial charge in [0.25, 0.3) is 0 Å². The highest BCUT2D eigenvalue weighted by atomic mass is 28.3. The van der Waals surface area contributed by atoms with Crippen LogP contribution in [0.5, 0.6) is 0 Å². The lowest BCUT2D eigenvalue weighted by atomic mass is 9.85. The number of rotatable bonds is 10. The van der Waals surface area contributed by atoms with Crippen LogP contribution in [0.2, 0.25) is 17.1 Å². The summed E-state index contributed by atoms with van der Waals surface area (Å²) < 4.78 is 0. The SMILES string of the molecule is CCCCC(C(=O)O)(C1CCCC1)[SiH](CCC)CCC. The van der Waals surface area contributed by atoms with E-state index in [9.17, 15) is 9.90 Å². The van der Waals surface area contributed by atoms with Crippen LogP contribution in [0.4, 0.5) is 0 Å². The molecule has 1 fully saturated rings. The summed E-state index contributed by atoms with van der Waals surface area (Å²) in [6.07, 6.45) is 10.4. The minimum atomic E-state index is -1.23. The van der Waals surface area contributed by atoms with Crippen LogP contribution in [0, 0.1) is 5.92 Å². The molecule has 0 saturated heterocycles. The van der Waals surface area contributed by atoms with Crippen LogP contribution in [0.1, 0.15) is 78.6 Å². The van der Waals surface area contributed by atoms with Crippen LogP contribution in [0.15, 0.2) is 0 Å². The van der Waals surface area contributed by atoms with Gasteiger partial charge < -0.3 is 5.11 Å². The zero-order chi connectivity index (χ0) is 15.0. The molecule has 1 aliphatic rings. The third-order valence-corrected chi connectivity index (χ3v) is 10.4. The second-order valence-electron chi connectivity index (χ2n) is 6.70. The van der Waals surface area contributed by atoms with Gasteiger partial charge in [0, 0.05) is 0 Å². The molecular formula is C17H34O2Si. The van der Waals surface area contributed by atoms with Crippen molar-refractivity contribution in [1.29, 1.82) is 0 Å². The highest BCUT2D eigenvalue weighted by molar-refractivity contribution is 6.66. The molecule has 3 heteroatoms. The number of hydrogen-bond acceptors (Lipinski definition) is 1. The Hall–Kier alpha value is -0.313. The number of hydrogen-bond donors (Lipinski definition) is 1. The van der Waals surface area contributed by atoms with E-state index >= 15 is 0 Å². The van der Waals surface area contributed by atoms with E-state index in [1.165, 1.54) is 50.6 Å². The fourth-order valence-corrected chi connectivity index (χ4v) is 9.14. The molecule has 0 aliphatic heterocycles. The van der Waals surface area contributed by atoms with E-state index in [0.29, 0.717) is 5.92 Å². The first kappa shape index (κ1) is 17.7. The van der Waals surface area contributed by atoms with Gasteiger partial charge >= 0.3 is 5.97 Å². The van der Waals surface area contributed by atoms with E-state index in [4.69, 9.17) is 0 Å². The first-order valence-corrected chi connectivity index (χ1v) is 11.1. The van der Waals surface area contributed by atoms with E-state index in [0.717, 1.165) is 19.3 Å². The van der Waals surface area contributed by atoms with Gasteiger partial charge in [0.2, 0.25) is 0 Å². The minimum absolute atomic E-state index is 0.293. The van der Waals surface area contributed by atoms with Gasteiger partial charge in [-0.15, -0.1) is 0 Å². The Labute approximate surface area is 127 Å². The van der Waals surface area contributed by atoms with Gasteiger partial charge in [-0.1, -0.05) is 71.4 Å². The third kappa shape index (κ3) is 3.87. The van der Waals surface area contributed by atoms with Crippen molar-refractivity contribution >= 4 is 14.8 Å². The van der Waals surface area contributed by atoms with Gasteiger partial charge in [0.05, 0.1) is 13.8 Å². The summed E-state index contributed by atoms with van der Waals surface area (Å²) >= 11 is 0. The molecule has 1 atom stereocenters. The van der Waals surface area contributed by atoms with E-state index in [1.54, 1.807) is 0 Å². The molecule has 0 bridgehead atoms. The Balaban J connectivity index is 3.07. The van der Waals surface area contributed by atoms with Crippen molar-refractivity contribution in [2.75, 3.05) is 0 Å². The lowest BCUT2D eigenvalue weighted by Gasteiger charge is -2.41. The Morgan fingerprint density at radius 1 is 1.10 bits per heavy atom. The normalized spacial score (nSPS) is 19.4. The fraction of sp³-hybridized carbons (Fsp3) is 0.941. The van der Waals surface area contributed by atoms with Gasteiger partial charge in [-0.3, -0.25) is 4.79 Å². The predicted molar refractivity (Wildman–Crippen MR) is 89.2 cm³/mol. The number of carbonyl (C=O) groups is 1. The maximum absolute atomic E-state index is 12.3. The van der Waals surface area contributed by atoms with Crippen LogP contribution in [-0.4, -0.2) is 19.9 Å². The van der Waals surface area contributed by atoms with Crippen LogP contribution in [0.3, 0.4) is 0 Å². The molecule has 0 aromatic rings. The molecule has 1 unspecified atom stereocenters. The van der Waals surface area contributed by atoms with Crippen LogP contribution < -0.4 is 0 Å². The van der Waals surface area contributed by atoms with Gasteiger partial charge in [-0.25, -0.2) is 0 Å². The average molecular weight is 299 g/mol. The Morgan fingerprint density at radius 3 is 2.05 bits per heavy atom. The molecule has 0 spiro atoms. The standard InChI is InChI=1S/C17H34O2Si/c1-4-7-12-17(16(18)19,15-10-8-9-11-15)20(13-5-2)14-6-3/h15,20H,4-14H2,1-3H3,(H,18,19). The van der Waals surface area contributed by atoms with Crippen LogP contribution in [-0.2, 0) is 4.79 Å². The number of carboxylic acids is 1. The Kier molecular flexibility index (Phi) is 7.86. The summed E-state index contributed by atoms with van der Waals surface area (Å²) in [5, 5.41) is 9.88. The molecule has 0 amide bonds. The molecule has 118 valence electrons. The highest BCUT2D eigenvalue weighted by Crippen LogP contribution is 2.53. The van der Waals surface area contributed by atoms with Crippen molar-refractivity contribution in [3.05, 3.63) is 0 Å². The summed E-state index contributed by atoms with van der Waals surface area (Å²) in [6.45, 7) is 6.66. The molecule has 1 aliphatic carbocycles. The van der Waals surface area contributed by atoms with Gasteiger partial charge in [0.1, 0.15) is 0 Å². The van der Waals surface area contributed by atoms with E-state index in [2.05, 4.69) is 20.8 Å². The van der Waals surface area contributed by atoms with E-state index < -0.39 is 14.8 Å². The van der Waals surface area contributed by atoms with Crippen molar-refractivity contribution in [3.63, 3.8) is 0 Å². The summed E-state index contributed by atoms with van der Waals surface area (Å²) in [5.74, 6) is 0.0535. The average Bonchev–Trinajstić information content (AvgIpc) is 2.94. The molecule has 0 radical (unpaired) electrons. The number of carboxylic acid groups (broad SMARTS) is 1. The summed E-state index contributed by atoms with van der Waals surface area (Å²) in [5.41, 5.74) is 0. The molecule has 1 rings (SSSR count). The van der Waals surface area contributed by atoms with Crippen LogP contribution in [0.25, 0.3) is 0 Å². The van der Waals surface area contributed by atoms with E-state index in [-0.39, 0.29) is 5.04 Å². The third-order valence-electron chi connectivity index (χ3n) is 5.43. The monoisotopic (exact) mass is 298 g/mol. The number of aliphatic carboxylic acids is 1.